The molecule has 0 bridgehead atoms. The first-order chi connectivity index (χ1) is 15.7. The van der Waals surface area contributed by atoms with Gasteiger partial charge in [-0.1, -0.05) is 30.3 Å². The summed E-state index contributed by atoms with van der Waals surface area (Å²) in [6.45, 7) is 4.57. The standard InChI is InChI=1S/C26H23N5O/c1-3-32-21-11-9-18(10-12-21)22-16-29-25-23(20-13-14-28-17(2)15-20)24(30-26(27)31(22)25)19-7-5-4-6-8-19/h4-16H,3H2,1-2H3,(H2,27,30). The van der Waals surface area contributed by atoms with Crippen LogP contribution in [0.15, 0.2) is 79.1 Å². The molecule has 3 aromatic heterocycles. The van der Waals surface area contributed by atoms with Gasteiger partial charge in [0.15, 0.2) is 0 Å². The van der Waals surface area contributed by atoms with Gasteiger partial charge in [-0.3, -0.25) is 9.38 Å². The van der Waals surface area contributed by atoms with Crippen molar-refractivity contribution in [2.75, 3.05) is 12.3 Å². The molecule has 0 saturated carbocycles. The van der Waals surface area contributed by atoms with Gasteiger partial charge in [0.05, 0.1) is 29.8 Å². The van der Waals surface area contributed by atoms with Crippen molar-refractivity contribution in [2.45, 2.75) is 13.8 Å². The van der Waals surface area contributed by atoms with Crippen molar-refractivity contribution in [3.63, 3.8) is 0 Å². The highest BCUT2D eigenvalue weighted by Crippen LogP contribution is 2.37. The number of hydrogen-bond donors (Lipinski definition) is 1. The van der Waals surface area contributed by atoms with Gasteiger partial charge >= 0.3 is 0 Å². The number of fused-ring (bicyclic) bond motifs is 1. The highest BCUT2D eigenvalue weighted by atomic mass is 16.5. The number of nitrogens with zero attached hydrogens (tertiary/aromatic N) is 4. The fourth-order valence-corrected chi connectivity index (χ4v) is 3.95. The number of hydrogen-bond acceptors (Lipinski definition) is 5. The van der Waals surface area contributed by atoms with Gasteiger partial charge < -0.3 is 10.5 Å². The van der Waals surface area contributed by atoms with E-state index in [-0.39, 0.29) is 0 Å². The average molecular weight is 422 g/mol. The number of anilines is 1. The molecule has 0 radical (unpaired) electrons. The summed E-state index contributed by atoms with van der Waals surface area (Å²) in [6, 6.07) is 22.0. The van der Waals surface area contributed by atoms with Gasteiger partial charge in [0, 0.05) is 23.0 Å². The molecule has 0 aliphatic carbocycles. The number of benzene rings is 2. The molecule has 0 spiro atoms. The molecule has 158 valence electrons. The Labute approximate surface area is 186 Å². The number of nitrogen functional groups attached to an aromatic ring is 1. The van der Waals surface area contributed by atoms with Crippen LogP contribution in [0, 0.1) is 6.92 Å². The van der Waals surface area contributed by atoms with Crippen LogP contribution in [0.2, 0.25) is 0 Å². The second-order valence-corrected chi connectivity index (χ2v) is 7.51. The summed E-state index contributed by atoms with van der Waals surface area (Å²) in [5.74, 6) is 1.21. The van der Waals surface area contributed by atoms with Gasteiger partial charge in [-0.05, 0) is 55.8 Å². The summed E-state index contributed by atoms with van der Waals surface area (Å²) in [5.41, 5.74) is 13.7. The number of aryl methyl sites for hydroxylation is 1. The lowest BCUT2D eigenvalue weighted by Gasteiger charge is -2.14. The Hall–Kier alpha value is -4.19. The van der Waals surface area contributed by atoms with E-state index in [9.17, 15) is 0 Å². The highest BCUT2D eigenvalue weighted by molar-refractivity contribution is 5.92. The van der Waals surface area contributed by atoms with E-state index in [0.717, 1.165) is 50.7 Å². The molecule has 2 aromatic carbocycles. The predicted octanol–water partition coefficient (Wildman–Crippen LogP) is 5.41. The SMILES string of the molecule is CCOc1ccc(-c2cnc3c(-c4ccnc(C)c4)c(-c4ccccc4)nc(N)n23)cc1. The number of ether oxygens (including phenoxy) is 1. The van der Waals surface area contributed by atoms with Crippen LogP contribution in [-0.2, 0) is 0 Å². The Balaban J connectivity index is 1.77. The first kappa shape index (κ1) is 19.8. The molecule has 0 aliphatic heterocycles. The molecule has 5 rings (SSSR count). The third-order valence-electron chi connectivity index (χ3n) is 5.37. The molecular weight excluding hydrogens is 398 g/mol. The summed E-state index contributed by atoms with van der Waals surface area (Å²) >= 11 is 0. The predicted molar refractivity (Wildman–Crippen MR) is 127 cm³/mol. The van der Waals surface area contributed by atoms with Gasteiger partial charge in [-0.2, -0.15) is 0 Å². The van der Waals surface area contributed by atoms with E-state index in [1.54, 1.807) is 0 Å². The van der Waals surface area contributed by atoms with E-state index in [1.165, 1.54) is 0 Å². The summed E-state index contributed by atoms with van der Waals surface area (Å²) in [4.78, 5) is 14.0. The maximum atomic E-state index is 6.51. The lowest BCUT2D eigenvalue weighted by molar-refractivity contribution is 0.340. The van der Waals surface area contributed by atoms with Gasteiger partial charge in [-0.15, -0.1) is 0 Å². The Morgan fingerprint density at radius 1 is 0.906 bits per heavy atom. The molecule has 5 aromatic rings. The van der Waals surface area contributed by atoms with E-state index in [2.05, 4.69) is 4.98 Å². The Morgan fingerprint density at radius 3 is 2.41 bits per heavy atom. The molecule has 32 heavy (non-hydrogen) atoms. The number of aromatic nitrogens is 4. The fraction of sp³-hybridized carbons (Fsp3) is 0.115. The molecule has 6 heteroatoms. The van der Waals surface area contributed by atoms with Crippen molar-refractivity contribution in [1.29, 1.82) is 0 Å². The van der Waals surface area contributed by atoms with E-state index in [1.807, 2.05) is 97.4 Å². The smallest absolute Gasteiger partial charge is 0.207 e. The normalized spacial score (nSPS) is 11.1. The topological polar surface area (TPSA) is 78.3 Å². The number of imidazole rings is 1. The van der Waals surface area contributed by atoms with Crippen molar-refractivity contribution in [1.82, 2.24) is 19.4 Å². The van der Waals surface area contributed by atoms with E-state index < -0.39 is 0 Å². The van der Waals surface area contributed by atoms with Gasteiger partial charge in [-0.25, -0.2) is 9.97 Å². The van der Waals surface area contributed by atoms with Crippen molar-refractivity contribution in [2.24, 2.45) is 0 Å². The Bertz CT molecular complexity index is 1390. The maximum absolute atomic E-state index is 6.51. The van der Waals surface area contributed by atoms with Gasteiger partial charge in [0.1, 0.15) is 11.4 Å². The first-order valence-corrected chi connectivity index (χ1v) is 10.5. The first-order valence-electron chi connectivity index (χ1n) is 10.5. The Kier molecular flexibility index (Phi) is 5.03. The largest absolute Gasteiger partial charge is 0.494 e. The molecule has 0 unspecified atom stereocenters. The maximum Gasteiger partial charge on any atom is 0.207 e. The summed E-state index contributed by atoms with van der Waals surface area (Å²) in [6.07, 6.45) is 3.65. The van der Waals surface area contributed by atoms with Crippen LogP contribution in [0.3, 0.4) is 0 Å². The van der Waals surface area contributed by atoms with Crippen LogP contribution in [-0.4, -0.2) is 26.0 Å². The lowest BCUT2D eigenvalue weighted by atomic mass is 10.00. The molecule has 0 aliphatic rings. The molecular formula is C26H23N5O. The third-order valence-corrected chi connectivity index (χ3v) is 5.37. The van der Waals surface area contributed by atoms with Crippen LogP contribution in [0.4, 0.5) is 5.95 Å². The monoisotopic (exact) mass is 421 g/mol. The second kappa shape index (κ2) is 8.15. The third kappa shape index (κ3) is 3.46. The van der Waals surface area contributed by atoms with Crippen molar-refractivity contribution in [3.8, 4) is 39.4 Å². The molecule has 6 nitrogen and oxygen atoms in total. The Morgan fingerprint density at radius 2 is 1.69 bits per heavy atom. The summed E-state index contributed by atoms with van der Waals surface area (Å²) in [7, 11) is 0. The van der Waals surface area contributed by atoms with E-state index in [4.69, 9.17) is 20.4 Å². The summed E-state index contributed by atoms with van der Waals surface area (Å²) < 4.78 is 7.49. The van der Waals surface area contributed by atoms with Crippen LogP contribution < -0.4 is 10.5 Å². The van der Waals surface area contributed by atoms with E-state index in [0.29, 0.717) is 12.6 Å². The minimum absolute atomic E-state index is 0.384. The number of nitrogens with two attached hydrogens (primary N) is 1. The van der Waals surface area contributed by atoms with Crippen molar-refractivity contribution in [3.05, 3.63) is 84.8 Å². The van der Waals surface area contributed by atoms with Crippen LogP contribution in [0.5, 0.6) is 5.75 Å². The number of rotatable bonds is 5. The van der Waals surface area contributed by atoms with Crippen LogP contribution >= 0.6 is 0 Å². The summed E-state index contributed by atoms with van der Waals surface area (Å²) in [5, 5.41) is 0. The molecule has 0 amide bonds. The minimum atomic E-state index is 0.384. The highest BCUT2D eigenvalue weighted by Gasteiger charge is 2.20. The van der Waals surface area contributed by atoms with Gasteiger partial charge in [0.2, 0.25) is 5.95 Å². The van der Waals surface area contributed by atoms with Crippen molar-refractivity contribution >= 4 is 11.6 Å². The van der Waals surface area contributed by atoms with E-state index >= 15 is 0 Å². The zero-order valence-corrected chi connectivity index (χ0v) is 18.0. The zero-order valence-electron chi connectivity index (χ0n) is 18.0. The second-order valence-electron chi connectivity index (χ2n) is 7.51. The van der Waals surface area contributed by atoms with Gasteiger partial charge in [0.25, 0.3) is 0 Å². The molecule has 3 heterocycles. The minimum Gasteiger partial charge on any atom is -0.494 e. The van der Waals surface area contributed by atoms with Crippen LogP contribution in [0.1, 0.15) is 12.6 Å². The zero-order chi connectivity index (χ0) is 22.1. The molecule has 0 atom stereocenters. The lowest BCUT2D eigenvalue weighted by Crippen LogP contribution is -2.06. The molecule has 2 N–H and O–H groups in total. The number of pyridine rings is 1. The van der Waals surface area contributed by atoms with Crippen LogP contribution in [0.25, 0.3) is 39.3 Å². The average Bonchev–Trinajstić information content (AvgIpc) is 3.26. The fourth-order valence-electron chi connectivity index (χ4n) is 3.95. The quantitative estimate of drug-likeness (QED) is 0.410. The molecule has 0 fully saturated rings. The molecule has 0 saturated heterocycles. The van der Waals surface area contributed by atoms with Crippen molar-refractivity contribution < 1.29 is 4.74 Å².